The second-order valence-corrected chi connectivity index (χ2v) is 4.66. The summed E-state index contributed by atoms with van der Waals surface area (Å²) in [5.74, 6) is 0.867. The maximum atomic E-state index is 5.87. The quantitative estimate of drug-likeness (QED) is 0.702. The van der Waals surface area contributed by atoms with Crippen molar-refractivity contribution in [3.63, 3.8) is 0 Å². The maximum Gasteiger partial charge on any atom is 0.122 e. The van der Waals surface area contributed by atoms with Crippen molar-refractivity contribution in [2.75, 3.05) is 26.4 Å². The second kappa shape index (κ2) is 9.20. The van der Waals surface area contributed by atoms with Gasteiger partial charge < -0.3 is 15.2 Å². The minimum Gasteiger partial charge on any atom is -0.491 e. The molecule has 0 saturated heterocycles. The summed E-state index contributed by atoms with van der Waals surface area (Å²) in [6, 6.07) is 5.61. The summed E-state index contributed by atoms with van der Waals surface area (Å²) in [6.45, 7) is 4.71. The number of rotatable bonds is 9. The zero-order chi connectivity index (χ0) is 13.2. The van der Waals surface area contributed by atoms with E-state index < -0.39 is 0 Å². The number of aryl methyl sites for hydroxylation is 1. The van der Waals surface area contributed by atoms with Crippen molar-refractivity contribution in [3.05, 3.63) is 28.8 Å². The van der Waals surface area contributed by atoms with Crippen molar-refractivity contribution in [3.8, 4) is 5.75 Å². The molecule has 0 aliphatic rings. The first-order valence-corrected chi connectivity index (χ1v) is 6.78. The molecule has 0 unspecified atom stereocenters. The zero-order valence-electron chi connectivity index (χ0n) is 11.0. The summed E-state index contributed by atoms with van der Waals surface area (Å²) in [7, 11) is 0. The molecule has 3 nitrogen and oxygen atoms in total. The van der Waals surface area contributed by atoms with Crippen LogP contribution in [0.2, 0.25) is 5.02 Å². The van der Waals surface area contributed by atoms with E-state index in [9.17, 15) is 0 Å². The van der Waals surface area contributed by atoms with Gasteiger partial charge in [0.05, 0.1) is 6.61 Å². The second-order valence-electron chi connectivity index (χ2n) is 4.22. The Kier molecular flexibility index (Phi) is 7.81. The molecular formula is C14H22ClNO2. The van der Waals surface area contributed by atoms with Crippen LogP contribution in [-0.2, 0) is 4.74 Å². The topological polar surface area (TPSA) is 44.5 Å². The number of hydrogen-bond acceptors (Lipinski definition) is 3. The number of nitrogens with two attached hydrogens (primary N) is 1. The highest BCUT2D eigenvalue weighted by atomic mass is 35.5. The molecule has 0 atom stereocenters. The van der Waals surface area contributed by atoms with Crippen LogP contribution in [-0.4, -0.2) is 26.4 Å². The third-order valence-electron chi connectivity index (χ3n) is 2.62. The summed E-state index contributed by atoms with van der Waals surface area (Å²) in [4.78, 5) is 0. The molecule has 102 valence electrons. The average Bonchev–Trinajstić information content (AvgIpc) is 2.35. The van der Waals surface area contributed by atoms with Crippen LogP contribution in [0.1, 0.15) is 24.8 Å². The van der Waals surface area contributed by atoms with E-state index in [1.807, 2.05) is 25.1 Å². The Bertz CT molecular complexity index is 345. The molecule has 0 spiro atoms. The van der Waals surface area contributed by atoms with Gasteiger partial charge in [0.1, 0.15) is 12.4 Å². The minimum absolute atomic E-state index is 0.569. The highest BCUT2D eigenvalue weighted by Gasteiger charge is 1.99. The average molecular weight is 272 g/mol. The van der Waals surface area contributed by atoms with Gasteiger partial charge >= 0.3 is 0 Å². The Morgan fingerprint density at radius 1 is 1.11 bits per heavy atom. The molecule has 1 aromatic rings. The molecule has 1 rings (SSSR count). The highest BCUT2D eigenvalue weighted by Crippen LogP contribution is 2.21. The maximum absolute atomic E-state index is 5.87. The lowest BCUT2D eigenvalue weighted by atomic mass is 10.2. The summed E-state index contributed by atoms with van der Waals surface area (Å²) in [5.41, 5.74) is 6.46. The molecule has 0 amide bonds. The first kappa shape index (κ1) is 15.3. The summed E-state index contributed by atoms with van der Waals surface area (Å²) >= 11 is 5.87. The van der Waals surface area contributed by atoms with E-state index in [1.165, 1.54) is 0 Å². The van der Waals surface area contributed by atoms with E-state index >= 15 is 0 Å². The third kappa shape index (κ3) is 6.24. The van der Waals surface area contributed by atoms with Crippen molar-refractivity contribution in [2.45, 2.75) is 26.2 Å². The first-order chi connectivity index (χ1) is 8.74. The van der Waals surface area contributed by atoms with Crippen LogP contribution in [0.15, 0.2) is 18.2 Å². The smallest absolute Gasteiger partial charge is 0.122 e. The van der Waals surface area contributed by atoms with Crippen LogP contribution in [0.3, 0.4) is 0 Å². The van der Waals surface area contributed by atoms with Gasteiger partial charge in [-0.15, -0.1) is 0 Å². The van der Waals surface area contributed by atoms with Crippen LogP contribution in [0, 0.1) is 6.92 Å². The molecule has 0 heterocycles. The van der Waals surface area contributed by atoms with Gasteiger partial charge in [-0.3, -0.25) is 0 Å². The normalized spacial score (nSPS) is 10.6. The standard InChI is InChI=1S/C14H22ClNO2/c1-12-11-13(15)5-6-14(12)18-10-9-17-8-4-2-3-7-16/h5-6,11H,2-4,7-10,16H2,1H3. The highest BCUT2D eigenvalue weighted by molar-refractivity contribution is 6.30. The minimum atomic E-state index is 0.569. The summed E-state index contributed by atoms with van der Waals surface area (Å²) in [6.07, 6.45) is 3.27. The molecule has 0 aliphatic heterocycles. The largest absolute Gasteiger partial charge is 0.491 e. The molecule has 0 saturated carbocycles. The Morgan fingerprint density at radius 2 is 1.94 bits per heavy atom. The van der Waals surface area contributed by atoms with Gasteiger partial charge in [-0.1, -0.05) is 11.6 Å². The van der Waals surface area contributed by atoms with Gasteiger partial charge in [0, 0.05) is 11.6 Å². The number of ether oxygens (including phenoxy) is 2. The van der Waals surface area contributed by atoms with E-state index in [0.29, 0.717) is 13.2 Å². The van der Waals surface area contributed by atoms with Crippen molar-refractivity contribution in [1.29, 1.82) is 0 Å². The van der Waals surface area contributed by atoms with Crippen molar-refractivity contribution in [1.82, 2.24) is 0 Å². The van der Waals surface area contributed by atoms with Crippen LogP contribution in [0.25, 0.3) is 0 Å². The van der Waals surface area contributed by atoms with Crippen molar-refractivity contribution >= 4 is 11.6 Å². The van der Waals surface area contributed by atoms with Crippen LogP contribution >= 0.6 is 11.6 Å². The molecule has 4 heteroatoms. The molecule has 0 aromatic heterocycles. The SMILES string of the molecule is Cc1cc(Cl)ccc1OCCOCCCCCN. The van der Waals surface area contributed by atoms with E-state index in [4.69, 9.17) is 26.8 Å². The lowest BCUT2D eigenvalue weighted by Crippen LogP contribution is -2.08. The molecule has 18 heavy (non-hydrogen) atoms. The van der Waals surface area contributed by atoms with E-state index in [0.717, 1.165) is 48.7 Å². The fourth-order valence-corrected chi connectivity index (χ4v) is 1.84. The fraction of sp³-hybridized carbons (Fsp3) is 0.571. The number of benzene rings is 1. The first-order valence-electron chi connectivity index (χ1n) is 6.41. The summed E-state index contributed by atoms with van der Waals surface area (Å²) in [5, 5.41) is 0.732. The summed E-state index contributed by atoms with van der Waals surface area (Å²) < 4.78 is 11.1. The third-order valence-corrected chi connectivity index (χ3v) is 2.85. The van der Waals surface area contributed by atoms with Gasteiger partial charge in [0.15, 0.2) is 0 Å². The van der Waals surface area contributed by atoms with Crippen LogP contribution in [0.5, 0.6) is 5.75 Å². The van der Waals surface area contributed by atoms with Gasteiger partial charge in [0.2, 0.25) is 0 Å². The number of unbranched alkanes of at least 4 members (excludes halogenated alkanes) is 2. The van der Waals surface area contributed by atoms with Gasteiger partial charge in [-0.05, 0) is 56.5 Å². The van der Waals surface area contributed by atoms with Crippen LogP contribution < -0.4 is 10.5 Å². The predicted octanol–water partition coefficient (Wildman–Crippen LogP) is 3.17. The molecule has 0 radical (unpaired) electrons. The molecule has 1 aromatic carbocycles. The lowest BCUT2D eigenvalue weighted by Gasteiger charge is -2.09. The van der Waals surface area contributed by atoms with Crippen molar-refractivity contribution < 1.29 is 9.47 Å². The zero-order valence-corrected chi connectivity index (χ0v) is 11.7. The molecule has 0 aliphatic carbocycles. The molecular weight excluding hydrogens is 250 g/mol. The Hall–Kier alpha value is -0.770. The molecule has 0 bridgehead atoms. The van der Waals surface area contributed by atoms with Gasteiger partial charge in [-0.25, -0.2) is 0 Å². The Balaban J connectivity index is 2.07. The van der Waals surface area contributed by atoms with Gasteiger partial charge in [0.25, 0.3) is 0 Å². The fourth-order valence-electron chi connectivity index (χ4n) is 1.61. The molecule has 2 N–H and O–H groups in total. The van der Waals surface area contributed by atoms with E-state index in [-0.39, 0.29) is 0 Å². The number of halogens is 1. The van der Waals surface area contributed by atoms with E-state index in [2.05, 4.69) is 0 Å². The van der Waals surface area contributed by atoms with Gasteiger partial charge in [-0.2, -0.15) is 0 Å². The Morgan fingerprint density at radius 3 is 2.67 bits per heavy atom. The monoisotopic (exact) mass is 271 g/mol. The lowest BCUT2D eigenvalue weighted by molar-refractivity contribution is 0.0970. The predicted molar refractivity (Wildman–Crippen MR) is 75.4 cm³/mol. The van der Waals surface area contributed by atoms with Crippen LogP contribution in [0.4, 0.5) is 0 Å². The van der Waals surface area contributed by atoms with Crippen molar-refractivity contribution in [2.24, 2.45) is 5.73 Å². The Labute approximate surface area is 114 Å². The molecule has 0 fully saturated rings. The number of hydrogen-bond donors (Lipinski definition) is 1. The van der Waals surface area contributed by atoms with E-state index in [1.54, 1.807) is 0 Å².